The van der Waals surface area contributed by atoms with Gasteiger partial charge in [-0.05, 0) is 68.4 Å². The number of hydrogen-bond donors (Lipinski definition) is 1. The average molecular weight is 440 g/mol. The van der Waals surface area contributed by atoms with Crippen LogP contribution in [0.1, 0.15) is 47.3 Å². The third kappa shape index (κ3) is 5.59. The van der Waals surface area contributed by atoms with E-state index in [0.29, 0.717) is 36.8 Å². The highest BCUT2D eigenvalue weighted by Gasteiger charge is 2.31. The Hall–Kier alpha value is -2.42. The maximum atomic E-state index is 12.6. The Morgan fingerprint density at radius 3 is 2.40 bits per heavy atom. The van der Waals surface area contributed by atoms with E-state index in [1.54, 1.807) is 18.2 Å². The molecule has 1 fully saturated rings. The Balaban J connectivity index is 1.52. The molecule has 1 aromatic carbocycles. The molecule has 0 unspecified atom stereocenters. The fraction of sp³-hybridized carbons (Fsp3) is 0.429. The first kappa shape index (κ1) is 22.3. The van der Waals surface area contributed by atoms with Gasteiger partial charge in [0.25, 0.3) is 5.91 Å². The molecule has 3 rings (SSSR count). The van der Waals surface area contributed by atoms with Crippen LogP contribution in [0.2, 0.25) is 0 Å². The SMILES string of the molecule is Cc1cccc(S(=O)(=O)C[C@H]2CC[C@@H](NC(=O)c3ccc(C(F)(F)F)cn3)CC2)c1. The number of sulfone groups is 1. The molecule has 1 aromatic heterocycles. The highest BCUT2D eigenvalue weighted by molar-refractivity contribution is 7.91. The number of carbonyl (C=O) groups excluding carboxylic acids is 1. The van der Waals surface area contributed by atoms with Crippen LogP contribution >= 0.6 is 0 Å². The first-order chi connectivity index (χ1) is 14.0. The van der Waals surface area contributed by atoms with Crippen molar-refractivity contribution in [2.75, 3.05) is 5.75 Å². The predicted molar refractivity (Wildman–Crippen MR) is 106 cm³/mol. The highest BCUT2D eigenvalue weighted by atomic mass is 32.2. The number of nitrogens with zero attached hydrogens (tertiary/aromatic N) is 1. The first-order valence-corrected chi connectivity index (χ1v) is 11.3. The zero-order chi connectivity index (χ0) is 21.9. The molecule has 1 aliphatic rings. The molecule has 1 aliphatic carbocycles. The van der Waals surface area contributed by atoms with E-state index in [4.69, 9.17) is 0 Å². The number of halogens is 3. The molecule has 0 saturated heterocycles. The number of pyridine rings is 1. The molecule has 0 aliphatic heterocycles. The lowest BCUT2D eigenvalue weighted by Crippen LogP contribution is -2.38. The van der Waals surface area contributed by atoms with Crippen LogP contribution in [-0.4, -0.2) is 31.1 Å². The van der Waals surface area contributed by atoms with Crippen LogP contribution in [0.5, 0.6) is 0 Å². The summed E-state index contributed by atoms with van der Waals surface area (Å²) in [4.78, 5) is 16.2. The number of alkyl halides is 3. The van der Waals surface area contributed by atoms with Crippen LogP contribution in [0.4, 0.5) is 13.2 Å². The second-order valence-corrected chi connectivity index (χ2v) is 9.75. The fourth-order valence-electron chi connectivity index (χ4n) is 3.64. The van der Waals surface area contributed by atoms with Gasteiger partial charge in [-0.15, -0.1) is 0 Å². The van der Waals surface area contributed by atoms with Gasteiger partial charge in [0, 0.05) is 12.2 Å². The van der Waals surface area contributed by atoms with Crippen molar-refractivity contribution in [3.8, 4) is 0 Å². The molecule has 2 aromatic rings. The zero-order valence-electron chi connectivity index (χ0n) is 16.4. The summed E-state index contributed by atoms with van der Waals surface area (Å²) in [6.07, 6.45) is -1.34. The zero-order valence-corrected chi connectivity index (χ0v) is 17.3. The Kier molecular flexibility index (Phi) is 6.50. The lowest BCUT2D eigenvalue weighted by atomic mass is 9.87. The minimum atomic E-state index is -4.50. The third-order valence-corrected chi connectivity index (χ3v) is 7.19. The van der Waals surface area contributed by atoms with Gasteiger partial charge in [-0.1, -0.05) is 12.1 Å². The van der Waals surface area contributed by atoms with Gasteiger partial charge in [0.05, 0.1) is 16.2 Å². The number of benzene rings is 1. The Morgan fingerprint density at radius 2 is 1.83 bits per heavy atom. The first-order valence-electron chi connectivity index (χ1n) is 9.68. The number of hydrogen-bond acceptors (Lipinski definition) is 4. The van der Waals surface area contributed by atoms with Gasteiger partial charge in [0.1, 0.15) is 5.69 Å². The minimum Gasteiger partial charge on any atom is -0.348 e. The maximum Gasteiger partial charge on any atom is 0.417 e. The van der Waals surface area contributed by atoms with Gasteiger partial charge in [0.15, 0.2) is 9.84 Å². The molecule has 162 valence electrons. The molecule has 1 N–H and O–H groups in total. The van der Waals surface area contributed by atoms with E-state index >= 15 is 0 Å². The quantitative estimate of drug-likeness (QED) is 0.757. The lowest BCUT2D eigenvalue weighted by Gasteiger charge is -2.29. The van der Waals surface area contributed by atoms with Crippen molar-refractivity contribution in [1.82, 2.24) is 10.3 Å². The smallest absolute Gasteiger partial charge is 0.348 e. The topological polar surface area (TPSA) is 76.1 Å². The summed E-state index contributed by atoms with van der Waals surface area (Å²) < 4.78 is 63.1. The van der Waals surface area contributed by atoms with Crippen LogP contribution < -0.4 is 5.32 Å². The van der Waals surface area contributed by atoms with Crippen molar-refractivity contribution in [3.05, 3.63) is 59.4 Å². The van der Waals surface area contributed by atoms with Crippen molar-refractivity contribution in [1.29, 1.82) is 0 Å². The number of nitrogens with one attached hydrogen (secondary N) is 1. The van der Waals surface area contributed by atoms with Gasteiger partial charge in [-0.2, -0.15) is 13.2 Å². The van der Waals surface area contributed by atoms with E-state index in [1.807, 2.05) is 13.0 Å². The summed E-state index contributed by atoms with van der Waals surface area (Å²) in [6, 6.07) is 8.57. The molecular formula is C21H23F3N2O3S. The van der Waals surface area contributed by atoms with Gasteiger partial charge < -0.3 is 5.32 Å². The van der Waals surface area contributed by atoms with Gasteiger partial charge in [-0.3, -0.25) is 9.78 Å². The van der Waals surface area contributed by atoms with E-state index in [1.165, 1.54) is 0 Å². The number of amides is 1. The number of rotatable bonds is 5. The number of aromatic nitrogens is 1. The molecule has 5 nitrogen and oxygen atoms in total. The third-order valence-electron chi connectivity index (χ3n) is 5.31. The summed E-state index contributed by atoms with van der Waals surface area (Å²) in [5, 5.41) is 2.78. The van der Waals surface area contributed by atoms with E-state index < -0.39 is 27.5 Å². The lowest BCUT2D eigenvalue weighted by molar-refractivity contribution is -0.137. The number of carbonyl (C=O) groups is 1. The van der Waals surface area contributed by atoms with E-state index in [2.05, 4.69) is 10.3 Å². The fourth-order valence-corrected chi connectivity index (χ4v) is 5.44. The standard InChI is InChI=1S/C21H23F3N2O3S/c1-14-3-2-4-18(11-14)30(28,29)13-15-5-8-17(9-6-15)26-20(27)19-10-7-16(12-25-19)21(22,23)24/h2-4,7,10-12,15,17H,5-6,8-9,13H2,1H3,(H,26,27)/t15-,17+. The molecule has 0 atom stereocenters. The minimum absolute atomic E-state index is 0.00728. The van der Waals surface area contributed by atoms with Crippen LogP contribution in [-0.2, 0) is 16.0 Å². The van der Waals surface area contributed by atoms with E-state index in [0.717, 1.165) is 17.7 Å². The van der Waals surface area contributed by atoms with Gasteiger partial charge in [-0.25, -0.2) is 8.42 Å². The summed E-state index contributed by atoms with van der Waals surface area (Å²) >= 11 is 0. The summed E-state index contributed by atoms with van der Waals surface area (Å²) in [5.41, 5.74) is -0.0964. The number of aryl methyl sites for hydroxylation is 1. The van der Waals surface area contributed by atoms with E-state index in [-0.39, 0.29) is 23.4 Å². The molecule has 1 amide bonds. The van der Waals surface area contributed by atoms with Crippen molar-refractivity contribution in [2.45, 2.75) is 49.7 Å². The van der Waals surface area contributed by atoms with Crippen LogP contribution in [0.25, 0.3) is 0 Å². The molecular weight excluding hydrogens is 417 g/mol. The molecule has 9 heteroatoms. The van der Waals surface area contributed by atoms with Gasteiger partial charge >= 0.3 is 6.18 Å². The summed E-state index contributed by atoms with van der Waals surface area (Å²) in [7, 11) is -3.37. The summed E-state index contributed by atoms with van der Waals surface area (Å²) in [6.45, 7) is 1.85. The van der Waals surface area contributed by atoms with Crippen molar-refractivity contribution in [3.63, 3.8) is 0 Å². The Morgan fingerprint density at radius 1 is 1.13 bits per heavy atom. The highest BCUT2D eigenvalue weighted by Crippen LogP contribution is 2.29. The molecule has 1 heterocycles. The molecule has 0 spiro atoms. The second-order valence-electron chi connectivity index (χ2n) is 7.72. The normalized spacial score (nSPS) is 20.0. The average Bonchev–Trinajstić information content (AvgIpc) is 2.69. The van der Waals surface area contributed by atoms with Crippen molar-refractivity contribution >= 4 is 15.7 Å². The Labute approximate surface area is 173 Å². The van der Waals surface area contributed by atoms with Gasteiger partial charge in [0.2, 0.25) is 0 Å². The van der Waals surface area contributed by atoms with Crippen LogP contribution in [0.15, 0.2) is 47.5 Å². The predicted octanol–water partition coefficient (Wildman–Crippen LogP) is 4.17. The molecule has 0 radical (unpaired) electrons. The maximum absolute atomic E-state index is 12.6. The molecule has 0 bridgehead atoms. The van der Waals surface area contributed by atoms with Crippen molar-refractivity contribution in [2.24, 2.45) is 5.92 Å². The van der Waals surface area contributed by atoms with E-state index in [9.17, 15) is 26.4 Å². The Bertz CT molecular complexity index is 997. The second kappa shape index (κ2) is 8.75. The largest absolute Gasteiger partial charge is 0.417 e. The molecule has 30 heavy (non-hydrogen) atoms. The van der Waals surface area contributed by atoms with Crippen molar-refractivity contribution < 1.29 is 26.4 Å². The summed E-state index contributed by atoms with van der Waals surface area (Å²) in [5.74, 6) is -0.454. The van der Waals surface area contributed by atoms with Crippen LogP contribution in [0, 0.1) is 12.8 Å². The molecule has 1 saturated carbocycles. The monoisotopic (exact) mass is 440 g/mol. The van der Waals surface area contributed by atoms with Crippen LogP contribution in [0.3, 0.4) is 0 Å².